The van der Waals surface area contributed by atoms with Crippen molar-refractivity contribution in [3.8, 4) is 0 Å². The highest BCUT2D eigenvalue weighted by molar-refractivity contribution is 5.80. The minimum Gasteiger partial charge on any atom is -0.303 e. The molecule has 0 aliphatic heterocycles. The second-order valence-electron chi connectivity index (χ2n) is 3.69. The zero-order chi connectivity index (χ0) is 10.4. The Morgan fingerprint density at radius 2 is 2.00 bits per heavy atom. The molecule has 0 rings (SSSR count). The topological polar surface area (TPSA) is 66.4 Å². The predicted octanol–water partition coefficient (Wildman–Crippen LogP) is 0.989. The summed E-state index contributed by atoms with van der Waals surface area (Å²) >= 11 is 0. The number of rotatable bonds is 5. The molecule has 4 nitrogen and oxygen atoms in total. The third kappa shape index (κ3) is 4.03. The molecule has 0 saturated heterocycles. The Morgan fingerprint density at radius 1 is 1.46 bits per heavy atom. The van der Waals surface area contributed by atoms with E-state index in [-0.39, 0.29) is 5.92 Å². The predicted molar refractivity (Wildman–Crippen MR) is 48.1 cm³/mol. The normalized spacial score (nSPS) is 15.2. The van der Waals surface area contributed by atoms with Gasteiger partial charge in [-0.2, -0.15) is 0 Å². The standard InChI is InChI=1S/C9H17NO3/c1-6(2)4-8(5-11)7(3)9(12)10-13/h5-8,13H,4H2,1-3H3,(H,10,12)/t7-,8-/m0/s1. The number of aldehydes is 1. The Balaban J connectivity index is 4.22. The molecule has 0 bridgehead atoms. The highest BCUT2D eigenvalue weighted by atomic mass is 16.5. The number of carbonyl (C=O) groups excluding carboxylic acids is 2. The van der Waals surface area contributed by atoms with E-state index in [0.717, 1.165) is 6.29 Å². The van der Waals surface area contributed by atoms with Crippen molar-refractivity contribution in [1.82, 2.24) is 5.48 Å². The van der Waals surface area contributed by atoms with Crippen LogP contribution in [0.25, 0.3) is 0 Å². The van der Waals surface area contributed by atoms with E-state index in [0.29, 0.717) is 12.3 Å². The van der Waals surface area contributed by atoms with Gasteiger partial charge in [-0.15, -0.1) is 0 Å². The first kappa shape index (κ1) is 12.1. The first-order chi connectivity index (χ1) is 6.02. The summed E-state index contributed by atoms with van der Waals surface area (Å²) in [5.41, 5.74) is 1.55. The molecular weight excluding hydrogens is 170 g/mol. The van der Waals surface area contributed by atoms with Crippen molar-refractivity contribution >= 4 is 12.2 Å². The summed E-state index contributed by atoms with van der Waals surface area (Å²) in [4.78, 5) is 21.6. The third-order valence-electron chi connectivity index (χ3n) is 2.08. The first-order valence-corrected chi connectivity index (χ1v) is 4.42. The quantitative estimate of drug-likeness (QED) is 0.383. The Bertz CT molecular complexity index is 180. The maximum absolute atomic E-state index is 11.0. The lowest BCUT2D eigenvalue weighted by atomic mass is 9.87. The average molecular weight is 187 g/mol. The third-order valence-corrected chi connectivity index (χ3v) is 2.08. The lowest BCUT2D eigenvalue weighted by Crippen LogP contribution is -2.32. The van der Waals surface area contributed by atoms with Gasteiger partial charge in [0.05, 0.1) is 0 Å². The summed E-state index contributed by atoms with van der Waals surface area (Å²) in [6, 6.07) is 0. The van der Waals surface area contributed by atoms with Gasteiger partial charge in [0, 0.05) is 11.8 Å². The molecular formula is C9H17NO3. The molecule has 0 radical (unpaired) electrons. The molecule has 0 aromatic carbocycles. The molecule has 0 saturated carbocycles. The second-order valence-corrected chi connectivity index (χ2v) is 3.69. The van der Waals surface area contributed by atoms with Crippen LogP contribution in [-0.2, 0) is 9.59 Å². The summed E-state index contributed by atoms with van der Waals surface area (Å²) in [6.07, 6.45) is 1.44. The first-order valence-electron chi connectivity index (χ1n) is 4.42. The van der Waals surface area contributed by atoms with Gasteiger partial charge in [0.25, 0.3) is 0 Å². The van der Waals surface area contributed by atoms with E-state index in [1.54, 1.807) is 12.4 Å². The second kappa shape index (κ2) is 5.70. The van der Waals surface area contributed by atoms with Crippen LogP contribution in [0.3, 0.4) is 0 Å². The van der Waals surface area contributed by atoms with Gasteiger partial charge in [0.15, 0.2) is 0 Å². The van der Waals surface area contributed by atoms with E-state index in [1.807, 2.05) is 13.8 Å². The van der Waals surface area contributed by atoms with Crippen LogP contribution in [0.5, 0.6) is 0 Å². The summed E-state index contributed by atoms with van der Waals surface area (Å²) < 4.78 is 0. The summed E-state index contributed by atoms with van der Waals surface area (Å²) in [7, 11) is 0. The van der Waals surface area contributed by atoms with Gasteiger partial charge in [-0.1, -0.05) is 20.8 Å². The van der Waals surface area contributed by atoms with Gasteiger partial charge in [-0.3, -0.25) is 10.0 Å². The molecule has 0 aliphatic rings. The minimum atomic E-state index is -0.502. The Labute approximate surface area is 78.3 Å². The van der Waals surface area contributed by atoms with Crippen molar-refractivity contribution in [2.24, 2.45) is 17.8 Å². The SMILES string of the molecule is CC(C)C[C@@H](C=O)[C@H](C)C(=O)NO. The summed E-state index contributed by atoms with van der Waals surface area (Å²) in [5, 5.41) is 8.37. The van der Waals surface area contributed by atoms with E-state index < -0.39 is 11.8 Å². The molecule has 1 amide bonds. The van der Waals surface area contributed by atoms with Gasteiger partial charge in [0.1, 0.15) is 6.29 Å². The zero-order valence-corrected chi connectivity index (χ0v) is 8.28. The number of carbonyl (C=O) groups is 2. The number of hydroxylamine groups is 1. The highest BCUT2D eigenvalue weighted by Gasteiger charge is 2.23. The minimum absolute atomic E-state index is 0.313. The van der Waals surface area contributed by atoms with Crippen LogP contribution >= 0.6 is 0 Å². The van der Waals surface area contributed by atoms with E-state index in [2.05, 4.69) is 0 Å². The van der Waals surface area contributed by atoms with Gasteiger partial charge in [-0.05, 0) is 12.3 Å². The Kier molecular flexibility index (Phi) is 5.30. The monoisotopic (exact) mass is 187 g/mol. The van der Waals surface area contributed by atoms with Crippen LogP contribution in [0.1, 0.15) is 27.2 Å². The van der Waals surface area contributed by atoms with Gasteiger partial charge >= 0.3 is 0 Å². The Hall–Kier alpha value is -0.900. The number of nitrogens with one attached hydrogen (secondary N) is 1. The highest BCUT2D eigenvalue weighted by Crippen LogP contribution is 2.18. The van der Waals surface area contributed by atoms with Gasteiger partial charge in [0.2, 0.25) is 5.91 Å². The molecule has 4 heteroatoms. The maximum Gasteiger partial charge on any atom is 0.246 e. The van der Waals surface area contributed by atoms with Crippen LogP contribution in [0.2, 0.25) is 0 Å². The van der Waals surface area contributed by atoms with Gasteiger partial charge in [-0.25, -0.2) is 5.48 Å². The van der Waals surface area contributed by atoms with E-state index >= 15 is 0 Å². The molecule has 0 unspecified atom stereocenters. The lowest BCUT2D eigenvalue weighted by molar-refractivity contribution is -0.136. The van der Waals surface area contributed by atoms with Gasteiger partial charge < -0.3 is 4.79 Å². The van der Waals surface area contributed by atoms with Crippen LogP contribution in [0.4, 0.5) is 0 Å². The van der Waals surface area contributed by atoms with E-state index in [4.69, 9.17) is 5.21 Å². The van der Waals surface area contributed by atoms with Crippen molar-refractivity contribution in [3.05, 3.63) is 0 Å². The number of amides is 1. The van der Waals surface area contributed by atoms with Crippen LogP contribution in [0, 0.1) is 17.8 Å². The molecule has 0 aromatic rings. The zero-order valence-electron chi connectivity index (χ0n) is 8.28. The van der Waals surface area contributed by atoms with Crippen molar-refractivity contribution in [2.75, 3.05) is 0 Å². The molecule has 76 valence electrons. The summed E-state index contributed by atoms with van der Waals surface area (Å²) in [5.74, 6) is -0.918. The van der Waals surface area contributed by atoms with Crippen molar-refractivity contribution in [1.29, 1.82) is 0 Å². The fraction of sp³-hybridized carbons (Fsp3) is 0.778. The van der Waals surface area contributed by atoms with Crippen LogP contribution in [0.15, 0.2) is 0 Å². The molecule has 0 fully saturated rings. The fourth-order valence-corrected chi connectivity index (χ4v) is 1.22. The molecule has 2 N–H and O–H groups in total. The lowest BCUT2D eigenvalue weighted by Gasteiger charge is -2.18. The molecule has 2 atom stereocenters. The van der Waals surface area contributed by atoms with Crippen molar-refractivity contribution in [3.63, 3.8) is 0 Å². The fourth-order valence-electron chi connectivity index (χ4n) is 1.22. The Morgan fingerprint density at radius 3 is 2.31 bits per heavy atom. The average Bonchev–Trinajstić information content (AvgIpc) is 2.11. The molecule has 0 heterocycles. The van der Waals surface area contributed by atoms with Crippen LogP contribution < -0.4 is 5.48 Å². The number of hydrogen-bond donors (Lipinski definition) is 2. The summed E-state index contributed by atoms with van der Waals surface area (Å²) in [6.45, 7) is 5.60. The molecule has 0 aromatic heterocycles. The largest absolute Gasteiger partial charge is 0.303 e. The smallest absolute Gasteiger partial charge is 0.246 e. The molecule has 13 heavy (non-hydrogen) atoms. The van der Waals surface area contributed by atoms with Crippen LogP contribution in [-0.4, -0.2) is 17.4 Å². The molecule has 0 spiro atoms. The number of hydrogen-bond acceptors (Lipinski definition) is 3. The molecule has 0 aliphatic carbocycles. The van der Waals surface area contributed by atoms with Crippen molar-refractivity contribution in [2.45, 2.75) is 27.2 Å². The van der Waals surface area contributed by atoms with E-state index in [1.165, 1.54) is 0 Å². The van der Waals surface area contributed by atoms with Crippen molar-refractivity contribution < 1.29 is 14.8 Å². The van der Waals surface area contributed by atoms with E-state index in [9.17, 15) is 9.59 Å². The maximum atomic E-state index is 11.0.